The number of nitrogens with one attached hydrogen (secondary N) is 1. The first kappa shape index (κ1) is 15.2. The Kier molecular flexibility index (Phi) is 4.05. The topological polar surface area (TPSA) is 81.1 Å². The number of carbonyl (C=O) groups excluding carboxylic acids is 1. The first-order valence-corrected chi connectivity index (χ1v) is 9.79. The van der Waals surface area contributed by atoms with Gasteiger partial charge in [0.25, 0.3) is 0 Å². The largest absolute Gasteiger partial charge is 0.310 e. The zero-order valence-corrected chi connectivity index (χ0v) is 13.7. The number of hydrogen-bond acceptors (Lipinski definition) is 5. The maximum Gasteiger partial charge on any atom is 0.232 e. The molecule has 2 aromatic rings. The minimum absolute atomic E-state index is 0.0810. The van der Waals surface area contributed by atoms with Crippen molar-refractivity contribution in [3.05, 3.63) is 34.7 Å². The fraction of sp³-hybridized carbons (Fsp3) is 0.429. The van der Waals surface area contributed by atoms with Gasteiger partial charge >= 0.3 is 0 Å². The third-order valence-electron chi connectivity index (χ3n) is 3.91. The second-order valence-electron chi connectivity index (χ2n) is 5.49. The Labute approximate surface area is 133 Å². The summed E-state index contributed by atoms with van der Waals surface area (Å²) in [4.78, 5) is 12.3. The van der Waals surface area contributed by atoms with Gasteiger partial charge in [-0.05, 0) is 35.7 Å². The van der Waals surface area contributed by atoms with Crippen molar-refractivity contribution in [3.8, 4) is 0 Å². The molecule has 1 aliphatic rings. The van der Waals surface area contributed by atoms with E-state index >= 15 is 0 Å². The molecular weight excluding hydrogens is 322 g/mol. The van der Waals surface area contributed by atoms with Gasteiger partial charge in [-0.3, -0.25) is 4.79 Å². The molecule has 8 heteroatoms. The van der Waals surface area contributed by atoms with Crippen LogP contribution in [0.5, 0.6) is 0 Å². The van der Waals surface area contributed by atoms with Gasteiger partial charge < -0.3 is 5.32 Å². The average molecular weight is 339 g/mol. The van der Waals surface area contributed by atoms with E-state index in [0.29, 0.717) is 12.2 Å². The first-order chi connectivity index (χ1) is 10.5. The molecule has 1 N–H and O–H groups in total. The highest BCUT2D eigenvalue weighted by molar-refractivity contribution is 7.91. The third-order valence-corrected chi connectivity index (χ3v) is 6.36. The highest BCUT2D eigenvalue weighted by Crippen LogP contribution is 2.27. The van der Waals surface area contributed by atoms with Crippen molar-refractivity contribution >= 4 is 32.9 Å². The molecule has 3 heterocycles. The summed E-state index contributed by atoms with van der Waals surface area (Å²) in [6.45, 7) is 1.85. The summed E-state index contributed by atoms with van der Waals surface area (Å²) in [5.74, 6) is 0.422. The van der Waals surface area contributed by atoms with Gasteiger partial charge in [-0.15, -0.1) is 0 Å². The lowest BCUT2D eigenvalue weighted by molar-refractivity contribution is -0.117. The number of hydrogen-bond donors (Lipinski definition) is 1. The van der Waals surface area contributed by atoms with Gasteiger partial charge in [0.15, 0.2) is 9.84 Å². The average Bonchev–Trinajstić information content (AvgIpc) is 3.18. The zero-order chi connectivity index (χ0) is 15.7. The molecule has 0 aromatic carbocycles. The molecule has 0 bridgehead atoms. The highest BCUT2D eigenvalue weighted by Gasteiger charge is 2.31. The maximum atomic E-state index is 12.3. The summed E-state index contributed by atoms with van der Waals surface area (Å²) in [5, 5.41) is 10.9. The van der Waals surface area contributed by atoms with Crippen molar-refractivity contribution in [2.24, 2.45) is 0 Å². The Balaban J connectivity index is 1.74. The van der Waals surface area contributed by atoms with E-state index in [4.69, 9.17) is 0 Å². The number of rotatable bonds is 4. The molecule has 0 aliphatic carbocycles. The molecule has 1 aliphatic heterocycles. The molecule has 2 aromatic heterocycles. The van der Waals surface area contributed by atoms with Crippen LogP contribution < -0.4 is 5.32 Å². The third kappa shape index (κ3) is 3.07. The van der Waals surface area contributed by atoms with Crippen molar-refractivity contribution in [3.63, 3.8) is 0 Å². The van der Waals surface area contributed by atoms with Crippen LogP contribution in [0.4, 0.5) is 5.82 Å². The molecular formula is C14H17N3O3S2. The number of nitrogens with zero attached hydrogens (tertiary/aromatic N) is 2. The normalized spacial score (nSPS) is 21.6. The Morgan fingerprint density at radius 3 is 2.95 bits per heavy atom. The fourth-order valence-corrected chi connectivity index (χ4v) is 5.03. The molecule has 22 heavy (non-hydrogen) atoms. The van der Waals surface area contributed by atoms with E-state index in [0.717, 1.165) is 5.56 Å². The summed E-state index contributed by atoms with van der Waals surface area (Å²) in [6.07, 6.45) is 2.11. The second-order valence-corrected chi connectivity index (χ2v) is 8.49. The predicted molar refractivity (Wildman–Crippen MR) is 85.9 cm³/mol. The van der Waals surface area contributed by atoms with Crippen LogP contribution in [-0.4, -0.2) is 35.6 Å². The number of sulfone groups is 1. The number of carbonyl (C=O) groups is 1. The van der Waals surface area contributed by atoms with Crippen molar-refractivity contribution < 1.29 is 13.2 Å². The van der Waals surface area contributed by atoms with Gasteiger partial charge in [0.2, 0.25) is 5.91 Å². The molecule has 1 saturated heterocycles. The molecule has 1 fully saturated rings. The minimum Gasteiger partial charge on any atom is -0.310 e. The van der Waals surface area contributed by atoms with Gasteiger partial charge in [0, 0.05) is 6.07 Å². The Hall–Kier alpha value is -1.67. The van der Waals surface area contributed by atoms with Crippen molar-refractivity contribution in [1.82, 2.24) is 9.78 Å². The minimum atomic E-state index is -2.99. The molecule has 3 rings (SSSR count). The van der Waals surface area contributed by atoms with E-state index < -0.39 is 9.84 Å². The molecule has 0 saturated carbocycles. The standard InChI is InChI=1S/C14H17N3O3S2/c1-10(11-3-6-21-8-11)14(18)16-13-2-5-15-17(13)12-4-7-22(19,20)9-12/h2-3,5-6,8,10,12H,4,7,9H2,1H3,(H,16,18)/t10-,12+/m1/s1. The summed E-state index contributed by atoms with van der Waals surface area (Å²) < 4.78 is 24.8. The number of anilines is 1. The Bertz CT molecular complexity index is 765. The molecule has 118 valence electrons. The summed E-state index contributed by atoms with van der Waals surface area (Å²) in [5.41, 5.74) is 0.969. The fourth-order valence-electron chi connectivity index (χ4n) is 2.58. The molecule has 6 nitrogen and oxygen atoms in total. The van der Waals surface area contributed by atoms with Gasteiger partial charge in [-0.2, -0.15) is 16.4 Å². The van der Waals surface area contributed by atoms with Crippen LogP contribution >= 0.6 is 11.3 Å². The van der Waals surface area contributed by atoms with Crippen LogP contribution in [0.3, 0.4) is 0 Å². The molecule has 1 amide bonds. The SMILES string of the molecule is C[C@@H](C(=O)Nc1ccnn1[C@H]1CCS(=O)(=O)C1)c1ccsc1. The molecule has 0 unspecified atom stereocenters. The number of thiophene rings is 1. The lowest BCUT2D eigenvalue weighted by Gasteiger charge is -2.15. The van der Waals surface area contributed by atoms with E-state index in [1.807, 2.05) is 23.8 Å². The number of amides is 1. The Morgan fingerprint density at radius 2 is 2.32 bits per heavy atom. The van der Waals surface area contributed by atoms with Crippen molar-refractivity contribution in [2.45, 2.75) is 25.3 Å². The van der Waals surface area contributed by atoms with Crippen LogP contribution in [0.15, 0.2) is 29.1 Å². The molecule has 0 radical (unpaired) electrons. The zero-order valence-electron chi connectivity index (χ0n) is 12.1. The van der Waals surface area contributed by atoms with E-state index in [1.165, 1.54) is 0 Å². The highest BCUT2D eigenvalue weighted by atomic mass is 32.2. The van der Waals surface area contributed by atoms with E-state index in [-0.39, 0.29) is 29.4 Å². The number of aromatic nitrogens is 2. The van der Waals surface area contributed by atoms with Crippen LogP contribution in [0.25, 0.3) is 0 Å². The first-order valence-electron chi connectivity index (χ1n) is 7.03. The smallest absolute Gasteiger partial charge is 0.232 e. The summed E-state index contributed by atoms with van der Waals surface area (Å²) >= 11 is 1.55. The Morgan fingerprint density at radius 1 is 1.50 bits per heavy atom. The van der Waals surface area contributed by atoms with Crippen LogP contribution in [-0.2, 0) is 14.6 Å². The second kappa shape index (κ2) is 5.85. The summed E-state index contributed by atoms with van der Waals surface area (Å²) in [7, 11) is -2.99. The predicted octanol–water partition coefficient (Wildman–Crippen LogP) is 2.05. The van der Waals surface area contributed by atoms with Gasteiger partial charge in [-0.25, -0.2) is 13.1 Å². The lowest BCUT2D eigenvalue weighted by Crippen LogP contribution is -2.22. The van der Waals surface area contributed by atoms with E-state index in [2.05, 4.69) is 10.4 Å². The molecule has 2 atom stereocenters. The van der Waals surface area contributed by atoms with Crippen molar-refractivity contribution in [1.29, 1.82) is 0 Å². The summed E-state index contributed by atoms with van der Waals surface area (Å²) in [6, 6.07) is 3.42. The van der Waals surface area contributed by atoms with Crippen LogP contribution in [0, 0.1) is 0 Å². The van der Waals surface area contributed by atoms with Crippen LogP contribution in [0.2, 0.25) is 0 Å². The van der Waals surface area contributed by atoms with Gasteiger partial charge in [-0.1, -0.05) is 0 Å². The molecule has 0 spiro atoms. The maximum absolute atomic E-state index is 12.3. The van der Waals surface area contributed by atoms with E-state index in [1.54, 1.807) is 28.3 Å². The van der Waals surface area contributed by atoms with Crippen LogP contribution in [0.1, 0.15) is 30.9 Å². The van der Waals surface area contributed by atoms with Gasteiger partial charge in [0.1, 0.15) is 5.82 Å². The monoisotopic (exact) mass is 339 g/mol. The van der Waals surface area contributed by atoms with Gasteiger partial charge in [0.05, 0.1) is 29.7 Å². The lowest BCUT2D eigenvalue weighted by atomic mass is 10.0. The van der Waals surface area contributed by atoms with E-state index in [9.17, 15) is 13.2 Å². The van der Waals surface area contributed by atoms with Crippen molar-refractivity contribution in [2.75, 3.05) is 16.8 Å². The quantitative estimate of drug-likeness (QED) is 0.924.